The van der Waals surface area contributed by atoms with Gasteiger partial charge in [0.1, 0.15) is 5.82 Å². The fourth-order valence-electron chi connectivity index (χ4n) is 2.19. The molecule has 6 nitrogen and oxygen atoms in total. The summed E-state index contributed by atoms with van der Waals surface area (Å²) >= 11 is 0. The minimum Gasteiger partial charge on any atom is -0.475 e. The number of aliphatic hydroxyl groups is 1. The van der Waals surface area contributed by atoms with Crippen LogP contribution in [0.2, 0.25) is 0 Å². The lowest BCUT2D eigenvalue weighted by Gasteiger charge is -2.20. The molecule has 2 aromatic rings. The van der Waals surface area contributed by atoms with Crippen molar-refractivity contribution in [1.82, 2.24) is 9.97 Å². The molecule has 0 aliphatic heterocycles. The van der Waals surface area contributed by atoms with Crippen molar-refractivity contribution in [3.63, 3.8) is 0 Å². The number of aromatic carboxylic acids is 1. The van der Waals surface area contributed by atoms with Crippen LogP contribution in [0.1, 0.15) is 29.9 Å². The van der Waals surface area contributed by atoms with Gasteiger partial charge in [-0.3, -0.25) is 0 Å². The minimum atomic E-state index is -1.13. The molecule has 0 saturated heterocycles. The number of hydrogen-bond donors (Lipinski definition) is 2. The molecular weight excluding hydrogens is 270 g/mol. The number of aromatic nitrogens is 2. The van der Waals surface area contributed by atoms with Gasteiger partial charge in [-0.15, -0.1) is 0 Å². The first-order chi connectivity index (χ1) is 10.1. The van der Waals surface area contributed by atoms with E-state index in [0.717, 1.165) is 31.2 Å². The Morgan fingerprint density at radius 1 is 1.19 bits per heavy atom. The molecule has 1 heterocycles. The van der Waals surface area contributed by atoms with Crippen LogP contribution >= 0.6 is 0 Å². The summed E-state index contributed by atoms with van der Waals surface area (Å²) in [6.45, 7) is 0.948. The molecule has 1 aromatic carbocycles. The summed E-state index contributed by atoms with van der Waals surface area (Å²) in [5.74, 6) is -0.691. The summed E-state index contributed by atoms with van der Waals surface area (Å²) in [6.07, 6.45) is 2.62. The normalized spacial score (nSPS) is 10.8. The number of rotatable bonds is 7. The Morgan fingerprint density at radius 3 is 2.67 bits per heavy atom. The molecular formula is C15H19N3O3. The average Bonchev–Trinajstić information content (AvgIpc) is 2.50. The zero-order chi connectivity index (χ0) is 15.2. The standard InChI is InChI=1S/C15H19N3O3/c1-18(9-5-2-6-10-19)14-11-7-3-4-8-12(11)16-13(17-14)15(20)21/h3-4,7-8,19H,2,5-6,9-10H2,1H3,(H,20,21). The van der Waals surface area contributed by atoms with E-state index in [1.54, 1.807) is 6.07 Å². The first-order valence-corrected chi connectivity index (χ1v) is 6.95. The third-order valence-corrected chi connectivity index (χ3v) is 3.29. The molecule has 21 heavy (non-hydrogen) atoms. The molecule has 0 amide bonds. The lowest BCUT2D eigenvalue weighted by Crippen LogP contribution is -2.21. The van der Waals surface area contributed by atoms with Crippen LogP contribution in [-0.4, -0.2) is 46.3 Å². The molecule has 6 heteroatoms. The fraction of sp³-hybridized carbons (Fsp3) is 0.400. The zero-order valence-corrected chi connectivity index (χ0v) is 12.0. The SMILES string of the molecule is CN(CCCCCO)c1nc(C(=O)O)nc2ccccc12. The van der Waals surface area contributed by atoms with Crippen molar-refractivity contribution >= 4 is 22.7 Å². The molecule has 112 valence electrons. The number of carboxylic acid groups (broad SMARTS) is 1. The van der Waals surface area contributed by atoms with Crippen LogP contribution in [-0.2, 0) is 0 Å². The quantitative estimate of drug-likeness (QED) is 0.757. The molecule has 0 atom stereocenters. The number of hydrogen-bond acceptors (Lipinski definition) is 5. The van der Waals surface area contributed by atoms with Crippen molar-refractivity contribution < 1.29 is 15.0 Å². The summed E-state index contributed by atoms with van der Waals surface area (Å²) in [7, 11) is 1.89. The van der Waals surface area contributed by atoms with E-state index in [-0.39, 0.29) is 12.4 Å². The van der Waals surface area contributed by atoms with E-state index in [2.05, 4.69) is 9.97 Å². The molecule has 1 aromatic heterocycles. The second-order valence-electron chi connectivity index (χ2n) is 4.90. The van der Waals surface area contributed by atoms with Crippen LogP contribution in [0.5, 0.6) is 0 Å². The van der Waals surface area contributed by atoms with Crippen LogP contribution in [0.25, 0.3) is 10.9 Å². The summed E-state index contributed by atoms with van der Waals surface area (Å²) < 4.78 is 0. The van der Waals surface area contributed by atoms with Gasteiger partial charge in [-0.25, -0.2) is 14.8 Å². The highest BCUT2D eigenvalue weighted by Crippen LogP contribution is 2.23. The van der Waals surface area contributed by atoms with Crippen LogP contribution in [0.3, 0.4) is 0 Å². The Balaban J connectivity index is 2.30. The number of unbranched alkanes of at least 4 members (excludes halogenated alkanes) is 2. The lowest BCUT2D eigenvalue weighted by molar-refractivity contribution is 0.0684. The van der Waals surface area contributed by atoms with Gasteiger partial charge in [0.2, 0.25) is 5.82 Å². The summed E-state index contributed by atoms with van der Waals surface area (Å²) in [5, 5.41) is 18.8. The maximum Gasteiger partial charge on any atom is 0.374 e. The van der Waals surface area contributed by atoms with Gasteiger partial charge >= 0.3 is 5.97 Å². The van der Waals surface area contributed by atoms with Crippen LogP contribution < -0.4 is 4.90 Å². The number of benzene rings is 1. The third-order valence-electron chi connectivity index (χ3n) is 3.29. The molecule has 0 radical (unpaired) electrons. The Morgan fingerprint density at radius 2 is 1.95 bits per heavy atom. The zero-order valence-electron chi connectivity index (χ0n) is 12.0. The number of para-hydroxylation sites is 1. The third kappa shape index (κ3) is 3.66. The van der Waals surface area contributed by atoms with Crippen molar-refractivity contribution in [3.8, 4) is 0 Å². The number of carboxylic acids is 1. The van der Waals surface area contributed by atoms with Gasteiger partial charge in [-0.05, 0) is 31.4 Å². The van der Waals surface area contributed by atoms with Crippen LogP contribution in [0.4, 0.5) is 5.82 Å². The summed E-state index contributed by atoms with van der Waals surface area (Å²) in [5.41, 5.74) is 0.627. The number of fused-ring (bicyclic) bond motifs is 1. The van der Waals surface area contributed by atoms with Crippen molar-refractivity contribution in [2.24, 2.45) is 0 Å². The van der Waals surface area contributed by atoms with E-state index in [1.807, 2.05) is 30.1 Å². The largest absolute Gasteiger partial charge is 0.475 e. The average molecular weight is 289 g/mol. The first-order valence-electron chi connectivity index (χ1n) is 6.95. The molecule has 0 fully saturated rings. The molecule has 0 aliphatic rings. The van der Waals surface area contributed by atoms with Crippen molar-refractivity contribution in [2.45, 2.75) is 19.3 Å². The fourth-order valence-corrected chi connectivity index (χ4v) is 2.19. The molecule has 0 saturated carbocycles. The van der Waals surface area contributed by atoms with Crippen molar-refractivity contribution in [1.29, 1.82) is 0 Å². The first kappa shape index (κ1) is 15.2. The summed E-state index contributed by atoms with van der Waals surface area (Å²) in [6, 6.07) is 7.38. The highest BCUT2D eigenvalue weighted by atomic mass is 16.4. The molecule has 2 rings (SSSR count). The van der Waals surface area contributed by atoms with E-state index < -0.39 is 5.97 Å². The van der Waals surface area contributed by atoms with Gasteiger partial charge in [-0.1, -0.05) is 12.1 Å². The van der Waals surface area contributed by atoms with Gasteiger partial charge in [0.15, 0.2) is 0 Å². The van der Waals surface area contributed by atoms with E-state index >= 15 is 0 Å². The Hall–Kier alpha value is -2.21. The number of aliphatic hydroxyl groups excluding tert-OH is 1. The predicted octanol–water partition coefficient (Wildman–Crippen LogP) is 1.93. The Kier molecular flexibility index (Phi) is 5.05. The van der Waals surface area contributed by atoms with Gasteiger partial charge in [0.25, 0.3) is 0 Å². The predicted molar refractivity (Wildman–Crippen MR) is 80.7 cm³/mol. The van der Waals surface area contributed by atoms with Crippen molar-refractivity contribution in [2.75, 3.05) is 25.1 Å². The van der Waals surface area contributed by atoms with E-state index in [9.17, 15) is 4.79 Å². The number of anilines is 1. The van der Waals surface area contributed by atoms with E-state index in [4.69, 9.17) is 10.2 Å². The van der Waals surface area contributed by atoms with Gasteiger partial charge in [0.05, 0.1) is 5.52 Å². The minimum absolute atomic E-state index is 0.189. The summed E-state index contributed by atoms with van der Waals surface area (Å²) in [4.78, 5) is 21.3. The molecule has 2 N–H and O–H groups in total. The molecule has 0 unspecified atom stereocenters. The molecule has 0 aliphatic carbocycles. The maximum atomic E-state index is 11.1. The lowest BCUT2D eigenvalue weighted by atomic mass is 10.2. The van der Waals surface area contributed by atoms with Gasteiger partial charge < -0.3 is 15.1 Å². The molecule has 0 bridgehead atoms. The molecule has 0 spiro atoms. The highest BCUT2D eigenvalue weighted by molar-refractivity contribution is 5.93. The van der Waals surface area contributed by atoms with E-state index in [0.29, 0.717) is 11.3 Å². The number of carbonyl (C=O) groups is 1. The second-order valence-corrected chi connectivity index (χ2v) is 4.90. The van der Waals surface area contributed by atoms with Crippen LogP contribution in [0, 0.1) is 0 Å². The van der Waals surface area contributed by atoms with Crippen molar-refractivity contribution in [3.05, 3.63) is 30.1 Å². The Labute approximate surface area is 123 Å². The van der Waals surface area contributed by atoms with Crippen LogP contribution in [0.15, 0.2) is 24.3 Å². The van der Waals surface area contributed by atoms with Gasteiger partial charge in [0, 0.05) is 25.6 Å². The van der Waals surface area contributed by atoms with E-state index in [1.165, 1.54) is 0 Å². The second kappa shape index (κ2) is 6.99. The Bertz CT molecular complexity index is 631. The highest BCUT2D eigenvalue weighted by Gasteiger charge is 2.15. The maximum absolute atomic E-state index is 11.1. The van der Waals surface area contributed by atoms with Gasteiger partial charge in [-0.2, -0.15) is 0 Å². The number of nitrogens with zero attached hydrogens (tertiary/aromatic N) is 3. The monoisotopic (exact) mass is 289 g/mol. The topological polar surface area (TPSA) is 86.5 Å². The smallest absolute Gasteiger partial charge is 0.374 e.